The predicted molar refractivity (Wildman–Crippen MR) is 450 cm³/mol. The molecule has 0 spiro atoms. The Morgan fingerprint density at radius 1 is 0.220 bits per heavy atom. The number of carboxylic acids is 1. The zero-order valence-electron chi connectivity index (χ0n) is 71.0. The average Bonchev–Trinajstić information content (AvgIpc) is 0.781. The molecule has 0 heterocycles. The van der Waals surface area contributed by atoms with E-state index in [9.17, 15) is 29.1 Å². The average molecular weight is 1660 g/mol. The van der Waals surface area contributed by atoms with Gasteiger partial charge in [0.15, 0.2) is 0 Å². The molecule has 27 N–H and O–H groups in total. The van der Waals surface area contributed by atoms with Crippen molar-refractivity contribution in [1.29, 1.82) is 0 Å². The van der Waals surface area contributed by atoms with Gasteiger partial charge >= 0.3 is 5.97 Å². The Morgan fingerprint density at radius 3 is 0.636 bits per heavy atom. The van der Waals surface area contributed by atoms with Crippen LogP contribution in [0.1, 0.15) is 340 Å². The molecule has 0 aromatic carbocycles. The summed E-state index contributed by atoms with van der Waals surface area (Å²) in [6.45, 7) is 1.91. The van der Waals surface area contributed by atoms with E-state index < -0.39 is 152 Å². The van der Waals surface area contributed by atoms with Crippen LogP contribution in [0.5, 0.6) is 0 Å². The lowest BCUT2D eigenvalue weighted by Crippen LogP contribution is -2.71. The third kappa shape index (κ3) is 27.9. The van der Waals surface area contributed by atoms with E-state index in [1.54, 1.807) is 0 Å². The lowest BCUT2D eigenvalue weighted by Gasteiger charge is -2.44. The molecule has 0 unspecified atom stereocenters. The normalized spacial score (nSPS) is 21.2. The Kier molecular flexibility index (Phi) is 40.7. The quantitative estimate of drug-likeness (QED) is 0.0388. The van der Waals surface area contributed by atoms with E-state index in [0.717, 1.165) is 57.8 Å². The summed E-state index contributed by atoms with van der Waals surface area (Å²) in [4.78, 5) is 193. The van der Waals surface area contributed by atoms with Gasteiger partial charge in [0.25, 0.3) is 0 Å². The Morgan fingerprint density at radius 2 is 0.407 bits per heavy atom. The Balaban J connectivity index is 1.10. The number of hydrogen-bond donors (Lipinski definition) is 20. The number of nitrogens with one attached hydrogen (secondary N) is 12. The van der Waals surface area contributed by atoms with E-state index in [-0.39, 0.29) is 135 Å². The highest BCUT2D eigenvalue weighted by atomic mass is 16.4. The fourth-order valence-electron chi connectivity index (χ4n) is 19.1. The predicted octanol–water partition coefficient (Wildman–Crippen LogP) is 3.33. The summed E-state index contributed by atoms with van der Waals surface area (Å²) in [5.41, 5.74) is 31.9. The van der Waals surface area contributed by atoms with Crippen LogP contribution in [0.15, 0.2) is 0 Å². The minimum Gasteiger partial charge on any atom is -0.480 e. The molecule has 0 radical (unpaired) electrons. The van der Waals surface area contributed by atoms with Crippen LogP contribution in [0.4, 0.5) is 0 Å². The van der Waals surface area contributed by atoms with Gasteiger partial charge in [0, 0.05) is 0 Å². The Labute approximate surface area is 699 Å². The molecule has 118 heavy (non-hydrogen) atoms. The molecule has 0 saturated heterocycles. The van der Waals surface area contributed by atoms with E-state index in [1.807, 2.05) is 0 Å². The van der Waals surface area contributed by atoms with Crippen molar-refractivity contribution in [3.05, 3.63) is 0 Å². The first kappa shape index (κ1) is 97.9. The summed E-state index contributed by atoms with van der Waals surface area (Å²) in [6.07, 6.45) is 24.1. The van der Waals surface area contributed by atoms with Crippen LogP contribution in [0.25, 0.3) is 0 Å². The first-order valence-corrected chi connectivity index (χ1v) is 45.7. The van der Waals surface area contributed by atoms with Crippen molar-refractivity contribution in [3.63, 3.8) is 0 Å². The Bertz CT molecular complexity index is 3250. The Hall–Kier alpha value is -7.17. The zero-order chi connectivity index (χ0) is 85.7. The summed E-state index contributed by atoms with van der Waals surface area (Å²) in [6, 6.07) is -7.09. The molecule has 7 fully saturated rings. The second kappa shape index (κ2) is 49.1. The van der Waals surface area contributed by atoms with Crippen LogP contribution >= 0.6 is 0 Å². The van der Waals surface area contributed by atoms with Crippen molar-refractivity contribution in [1.82, 2.24) is 63.8 Å². The van der Waals surface area contributed by atoms with Crippen LogP contribution in [0.3, 0.4) is 0 Å². The third-order valence-electron chi connectivity index (χ3n) is 26.6. The van der Waals surface area contributed by atoms with Crippen molar-refractivity contribution in [2.45, 2.75) is 415 Å². The van der Waals surface area contributed by atoms with Gasteiger partial charge in [-0.3, -0.25) is 57.5 Å². The maximum atomic E-state index is 15.7. The van der Waals surface area contributed by atoms with E-state index in [4.69, 9.17) is 40.1 Å². The van der Waals surface area contributed by atoms with Crippen LogP contribution in [0, 0.1) is 0 Å². The number of aliphatic carboxylic acids is 1. The highest BCUT2D eigenvalue weighted by molar-refractivity contribution is 6.03. The second-order valence-electron chi connectivity index (χ2n) is 35.7. The van der Waals surface area contributed by atoms with Crippen molar-refractivity contribution < 1.29 is 67.4 Å². The van der Waals surface area contributed by atoms with Crippen molar-refractivity contribution in [3.8, 4) is 0 Å². The second-order valence-corrected chi connectivity index (χ2v) is 35.7. The molecule has 0 aromatic rings. The lowest BCUT2D eigenvalue weighted by molar-refractivity contribution is -0.145. The van der Waals surface area contributed by atoms with Crippen LogP contribution in [0.2, 0.25) is 0 Å². The zero-order valence-corrected chi connectivity index (χ0v) is 71.0. The first-order chi connectivity index (χ1) is 56.7. The van der Waals surface area contributed by atoms with E-state index in [1.165, 1.54) is 0 Å². The fourth-order valence-corrected chi connectivity index (χ4v) is 19.1. The fraction of sp³-hybridized carbons (Fsp3) is 0.847. The molecular weight excluding hydrogens is 1510 g/mol. The largest absolute Gasteiger partial charge is 0.480 e. The molecule has 7 rings (SSSR count). The molecule has 670 valence electrons. The van der Waals surface area contributed by atoms with Crippen molar-refractivity contribution >= 4 is 76.9 Å². The van der Waals surface area contributed by atoms with E-state index in [2.05, 4.69) is 63.8 Å². The molecule has 0 aliphatic heterocycles. The standard InChI is InChI=1S/C85H151N19O14/c86-54-28-8-34-60(95-72(112)79(92)40-14-1-15-41-79)66(105)93-62(36-10-30-56-88)68(107)99-83(48-22-5-23-49-83)76(116)103-81(44-18-3-19-45-81)74(114)97-64(38-12-32-58-90)70(109)101-85(52-26-7-27-53-85)78(118)102-80(42-16-2-17-43-80)73(113)96-61(35-9-29-55-87)67(106)94-63(37-11-31-57-89)69(108)100-84(50-24-6-25-51-84)77(117)104-82(46-20-4-21-47-82)75(115)98-65(71(110)111)39-13-33-59-91/h60-65H,1-59,86-92H2,(H,93,105)(H,94,106)(H,95,112)(H,96,113)(H,97,114)(H,98,115)(H,99,107)(H,100,108)(H,101,109)(H,102,118)(H,103,116)(H,104,117)(H,110,111)/t60-,61-,62-,63-,64-,65-/m0/s1. The van der Waals surface area contributed by atoms with Crippen LogP contribution in [-0.2, 0) is 62.3 Å². The van der Waals surface area contributed by atoms with Gasteiger partial charge in [0.2, 0.25) is 70.9 Å². The lowest BCUT2D eigenvalue weighted by atomic mass is 9.76. The first-order valence-electron chi connectivity index (χ1n) is 45.7. The molecule has 7 aliphatic rings. The van der Waals surface area contributed by atoms with Crippen molar-refractivity contribution in [2.24, 2.45) is 40.1 Å². The third-order valence-corrected chi connectivity index (χ3v) is 26.6. The highest BCUT2D eigenvalue weighted by Crippen LogP contribution is 2.39. The molecule has 0 bridgehead atoms. The highest BCUT2D eigenvalue weighted by Gasteiger charge is 2.54. The smallest absolute Gasteiger partial charge is 0.326 e. The number of hydrogen-bond acceptors (Lipinski definition) is 20. The van der Waals surface area contributed by atoms with Gasteiger partial charge in [-0.05, 0) is 245 Å². The number of unbranched alkanes of at least 4 members (excludes halogenated alkanes) is 6. The molecule has 6 atom stereocenters. The van der Waals surface area contributed by atoms with Gasteiger partial charge < -0.3 is 109 Å². The van der Waals surface area contributed by atoms with Gasteiger partial charge in [-0.1, -0.05) is 135 Å². The maximum Gasteiger partial charge on any atom is 0.326 e. The molecule has 7 saturated carbocycles. The molecule has 0 aromatic heterocycles. The number of carbonyl (C=O) groups is 13. The summed E-state index contributed by atoms with van der Waals surface area (Å²) in [5, 5.41) is 46.5. The number of carboxylic acid groups (broad SMARTS) is 1. The topological polar surface area (TPSA) is 569 Å². The summed E-state index contributed by atoms with van der Waals surface area (Å²) in [5.74, 6) is -8.38. The van der Waals surface area contributed by atoms with Gasteiger partial charge in [0.05, 0.1) is 5.54 Å². The summed E-state index contributed by atoms with van der Waals surface area (Å²) in [7, 11) is 0. The molecular formula is C85H151N19O14. The number of nitrogens with two attached hydrogens (primary N) is 7. The van der Waals surface area contributed by atoms with Gasteiger partial charge in [0.1, 0.15) is 69.5 Å². The monoisotopic (exact) mass is 1660 g/mol. The van der Waals surface area contributed by atoms with Gasteiger partial charge in [-0.2, -0.15) is 0 Å². The van der Waals surface area contributed by atoms with E-state index in [0.29, 0.717) is 187 Å². The van der Waals surface area contributed by atoms with Crippen LogP contribution in [-0.4, -0.2) is 196 Å². The molecule has 12 amide bonds. The van der Waals surface area contributed by atoms with Gasteiger partial charge in [-0.25, -0.2) is 4.79 Å². The minimum absolute atomic E-state index is 0.0942. The summed E-state index contributed by atoms with van der Waals surface area (Å²) < 4.78 is 0. The van der Waals surface area contributed by atoms with Crippen molar-refractivity contribution in [2.75, 3.05) is 39.3 Å². The molecule has 33 nitrogen and oxygen atoms in total. The van der Waals surface area contributed by atoms with E-state index >= 15 is 38.4 Å². The molecule has 33 heteroatoms. The number of amides is 12. The van der Waals surface area contributed by atoms with Gasteiger partial charge in [-0.15, -0.1) is 0 Å². The SMILES string of the molecule is NCCCC[C@H](NC(=O)C1(NC(=O)C2(NC(=O)[C@H](CCCCN)NC(=O)[C@H](CCCCN)NC(=O)C3(NC(=O)C4(NC(=O)[C@H](CCCCN)NC(=O)C5(NC(=O)C6(NC(=O)[C@H](CCCCN)NC(=O)[C@H](CCCCN)NC(=O)C7(N)CCCCC7)CCCCC6)CCCCC5)CCCCC4)CCCCC3)CCCCC2)CCCCC1)C(=O)O. The minimum atomic E-state index is -1.58. The molecule has 7 aliphatic carbocycles. The maximum absolute atomic E-state index is 15.7. The summed E-state index contributed by atoms with van der Waals surface area (Å²) >= 11 is 0. The van der Waals surface area contributed by atoms with Crippen LogP contribution < -0.4 is 104 Å². The number of rotatable bonds is 49. The number of carbonyl (C=O) groups excluding carboxylic acids is 12.